The van der Waals surface area contributed by atoms with Crippen molar-refractivity contribution in [3.05, 3.63) is 181 Å². The standard InChI is InChI=1S/C54H63B3N12O9/c1-34(2)28-43(64-52(73)46(37-16-10-7-11-17-37)67-49(70)40-31-58-22-25-61-40)55-76-56(44(29-35(3)4)65-53(74)47(38-18-12-8-13-19-38)68-50(71)41-32-59-23-26-62-41)78-57(77-55)45(30-36(5)6)66-54(75)48(39-20-14-9-15-21-39)69-51(72)42-33-60-24-27-63-42/h7-27,31-36,43-48H,28-30H2,1-6H3,(H,64,73)(H,65,74)(H,66,75)(H,67,70)(H,68,71)(H,69,72)/t43-,44-,45?,46+,47?,48?/m1/s1. The summed E-state index contributed by atoms with van der Waals surface area (Å²) in [6.45, 7) is 11.7. The van der Waals surface area contributed by atoms with Crippen LogP contribution in [-0.2, 0) is 28.1 Å². The van der Waals surface area contributed by atoms with E-state index in [4.69, 9.17) is 13.7 Å². The fraction of sp³-hybridized carbons (Fsp3) is 0.333. The zero-order chi connectivity index (χ0) is 55.6. The molecule has 0 bridgehead atoms. The van der Waals surface area contributed by atoms with Gasteiger partial charge in [0.15, 0.2) is 0 Å². The summed E-state index contributed by atoms with van der Waals surface area (Å²) in [5.74, 6) is -6.88. The normalized spacial score (nSPS) is 14.8. The lowest BCUT2D eigenvalue weighted by Crippen LogP contribution is -2.68. The molecule has 0 aliphatic carbocycles. The first-order valence-electron chi connectivity index (χ1n) is 25.9. The van der Waals surface area contributed by atoms with E-state index < -0.39 is 92.7 Å². The second kappa shape index (κ2) is 28.3. The molecule has 6 amide bonds. The van der Waals surface area contributed by atoms with Gasteiger partial charge in [0.2, 0.25) is 17.7 Å². The molecule has 1 aliphatic heterocycles. The molecule has 7 rings (SSSR count). The molecule has 4 heterocycles. The monoisotopic (exact) mass is 1060 g/mol. The molecule has 6 aromatic rings. The molecule has 1 saturated heterocycles. The minimum Gasteiger partial charge on any atom is -0.450 e. The summed E-state index contributed by atoms with van der Waals surface area (Å²) in [6, 6.07) is 22.4. The third-order valence-electron chi connectivity index (χ3n) is 12.3. The highest BCUT2D eigenvalue weighted by atomic mass is 16.7. The van der Waals surface area contributed by atoms with Crippen LogP contribution in [0.5, 0.6) is 0 Å². The van der Waals surface area contributed by atoms with Crippen molar-refractivity contribution in [1.29, 1.82) is 0 Å². The summed E-state index contributed by atoms with van der Waals surface area (Å²) in [5, 5.41) is 17.8. The Labute approximate surface area is 454 Å². The van der Waals surface area contributed by atoms with Crippen molar-refractivity contribution in [3.8, 4) is 0 Å². The van der Waals surface area contributed by atoms with E-state index in [9.17, 15) is 28.8 Å². The van der Waals surface area contributed by atoms with Gasteiger partial charge in [-0.3, -0.25) is 43.7 Å². The average Bonchev–Trinajstić information content (AvgIpc) is 3.47. The first-order chi connectivity index (χ1) is 37.6. The number of carbonyl (C=O) groups is 6. The summed E-state index contributed by atoms with van der Waals surface area (Å²) in [7, 11) is -3.98. The van der Waals surface area contributed by atoms with Crippen LogP contribution in [0, 0.1) is 17.8 Å². The molecule has 0 radical (unpaired) electrons. The van der Waals surface area contributed by atoms with Gasteiger partial charge in [0.1, 0.15) is 35.2 Å². The highest BCUT2D eigenvalue weighted by Gasteiger charge is 2.52. The van der Waals surface area contributed by atoms with Crippen LogP contribution in [0.1, 0.15) is 127 Å². The van der Waals surface area contributed by atoms with Crippen LogP contribution in [-0.4, -0.2) is 105 Å². The molecule has 402 valence electrons. The van der Waals surface area contributed by atoms with Gasteiger partial charge in [-0.15, -0.1) is 0 Å². The third-order valence-corrected chi connectivity index (χ3v) is 12.3. The minimum absolute atomic E-state index is 0.00570. The number of nitrogens with one attached hydrogen (secondary N) is 6. The second-order valence-electron chi connectivity index (χ2n) is 20.0. The minimum atomic E-state index is -1.33. The van der Waals surface area contributed by atoms with E-state index in [-0.39, 0.29) is 54.1 Å². The quantitative estimate of drug-likeness (QED) is 0.0452. The van der Waals surface area contributed by atoms with Gasteiger partial charge in [0.25, 0.3) is 17.7 Å². The maximum atomic E-state index is 14.9. The topological polar surface area (TPSA) is 280 Å². The molecule has 78 heavy (non-hydrogen) atoms. The SMILES string of the molecule is CC(C)CC(NC(=O)C(NC(=O)c1cnccn1)c1ccccc1)B1OB([C@@H](CC(C)C)NC(=O)C(NC(=O)c2cnccn2)c2ccccc2)OB([C@@H](CC(C)C)NC(=O)[C@@H](NC(=O)c2cnccn2)c2ccccc2)O1. The predicted molar refractivity (Wildman–Crippen MR) is 291 cm³/mol. The van der Waals surface area contributed by atoms with Crippen molar-refractivity contribution in [1.82, 2.24) is 61.8 Å². The number of rotatable bonds is 24. The van der Waals surface area contributed by atoms with E-state index in [0.717, 1.165) is 0 Å². The molecule has 1 aliphatic rings. The Kier molecular flexibility index (Phi) is 20.8. The van der Waals surface area contributed by atoms with Gasteiger partial charge in [0.05, 0.1) is 36.4 Å². The smallest absolute Gasteiger partial charge is 0.450 e. The van der Waals surface area contributed by atoms with Crippen molar-refractivity contribution >= 4 is 56.8 Å². The molecule has 0 saturated carbocycles. The first-order valence-corrected chi connectivity index (χ1v) is 25.9. The number of nitrogens with zero attached hydrogens (tertiary/aromatic N) is 6. The van der Waals surface area contributed by atoms with Crippen LogP contribution in [0.25, 0.3) is 0 Å². The maximum absolute atomic E-state index is 14.9. The summed E-state index contributed by atoms with van der Waals surface area (Å²) >= 11 is 0. The Morgan fingerprint density at radius 2 is 0.641 bits per heavy atom. The van der Waals surface area contributed by atoms with Gasteiger partial charge in [-0.25, -0.2) is 15.0 Å². The molecule has 0 spiro atoms. The summed E-state index contributed by atoms with van der Waals surface area (Å²) in [4.78, 5) is 110. The van der Waals surface area contributed by atoms with Crippen LogP contribution in [0.2, 0.25) is 0 Å². The highest BCUT2D eigenvalue weighted by Crippen LogP contribution is 2.26. The predicted octanol–water partition coefficient (Wildman–Crippen LogP) is 4.61. The lowest BCUT2D eigenvalue weighted by atomic mass is 9.58. The molecular formula is C54H63B3N12O9. The summed E-state index contributed by atoms with van der Waals surface area (Å²) in [5.41, 5.74) is 1.39. The number of amides is 6. The van der Waals surface area contributed by atoms with Crippen molar-refractivity contribution in [2.45, 2.75) is 96.8 Å². The fourth-order valence-corrected chi connectivity index (χ4v) is 8.80. The van der Waals surface area contributed by atoms with Crippen LogP contribution in [0.4, 0.5) is 0 Å². The van der Waals surface area contributed by atoms with E-state index in [1.165, 1.54) is 55.8 Å². The van der Waals surface area contributed by atoms with Crippen LogP contribution in [0.3, 0.4) is 0 Å². The summed E-state index contributed by atoms with van der Waals surface area (Å²) in [6.07, 6.45) is 13.1. The number of aromatic nitrogens is 6. The van der Waals surface area contributed by atoms with Gasteiger partial charge >= 0.3 is 21.4 Å². The Morgan fingerprint density at radius 3 is 0.859 bits per heavy atom. The van der Waals surface area contributed by atoms with E-state index >= 15 is 0 Å². The molecular weight excluding hydrogens is 993 g/mol. The molecule has 24 heteroatoms. The van der Waals surface area contributed by atoms with Crippen molar-refractivity contribution in [3.63, 3.8) is 0 Å². The number of carbonyl (C=O) groups excluding carboxylic acids is 6. The van der Waals surface area contributed by atoms with Crippen LogP contribution >= 0.6 is 0 Å². The van der Waals surface area contributed by atoms with E-state index in [1.807, 2.05) is 41.5 Å². The Balaban J connectivity index is 1.27. The van der Waals surface area contributed by atoms with E-state index in [0.29, 0.717) is 16.7 Å². The number of hydrogen-bond donors (Lipinski definition) is 6. The van der Waals surface area contributed by atoms with Crippen LogP contribution < -0.4 is 31.9 Å². The molecule has 21 nitrogen and oxygen atoms in total. The van der Waals surface area contributed by atoms with Gasteiger partial charge in [-0.1, -0.05) is 133 Å². The van der Waals surface area contributed by atoms with E-state index in [1.54, 1.807) is 91.0 Å². The fourth-order valence-electron chi connectivity index (χ4n) is 8.80. The number of benzene rings is 3. The van der Waals surface area contributed by atoms with Crippen LogP contribution in [0.15, 0.2) is 147 Å². The zero-order valence-electron chi connectivity index (χ0n) is 44.3. The maximum Gasteiger partial charge on any atom is 0.453 e. The molecule has 6 N–H and O–H groups in total. The largest absolute Gasteiger partial charge is 0.453 e. The van der Waals surface area contributed by atoms with Gasteiger partial charge in [-0.05, 0) is 53.7 Å². The molecule has 3 aromatic carbocycles. The van der Waals surface area contributed by atoms with Crippen molar-refractivity contribution in [2.24, 2.45) is 17.8 Å². The Hall–Kier alpha value is -8.21. The summed E-state index contributed by atoms with van der Waals surface area (Å²) < 4.78 is 20.5. The zero-order valence-corrected chi connectivity index (χ0v) is 44.3. The van der Waals surface area contributed by atoms with Gasteiger partial charge in [0, 0.05) is 37.2 Å². The van der Waals surface area contributed by atoms with Crippen molar-refractivity contribution < 1.29 is 42.5 Å². The Morgan fingerprint density at radius 1 is 0.385 bits per heavy atom. The van der Waals surface area contributed by atoms with Gasteiger partial charge < -0.3 is 45.6 Å². The van der Waals surface area contributed by atoms with E-state index in [2.05, 4.69) is 61.8 Å². The Bertz CT molecular complexity index is 2580. The lowest BCUT2D eigenvalue weighted by molar-refractivity contribution is -0.124. The molecule has 3 aromatic heterocycles. The number of hydrogen-bond acceptors (Lipinski definition) is 15. The molecule has 6 atom stereocenters. The third kappa shape index (κ3) is 16.4. The first kappa shape index (κ1) is 57.5. The van der Waals surface area contributed by atoms with Gasteiger partial charge in [-0.2, -0.15) is 0 Å². The van der Waals surface area contributed by atoms with Crippen molar-refractivity contribution in [2.75, 3.05) is 0 Å². The lowest BCUT2D eigenvalue weighted by Gasteiger charge is -2.41. The average molecular weight is 1060 g/mol. The highest BCUT2D eigenvalue weighted by molar-refractivity contribution is 6.75. The molecule has 1 fully saturated rings. The second-order valence-corrected chi connectivity index (χ2v) is 20.0. The molecule has 3 unspecified atom stereocenters.